The van der Waals surface area contributed by atoms with Gasteiger partial charge in [-0.2, -0.15) is 0 Å². The van der Waals surface area contributed by atoms with Gasteiger partial charge >= 0.3 is 0 Å². The summed E-state index contributed by atoms with van der Waals surface area (Å²) < 4.78 is 18.6. The summed E-state index contributed by atoms with van der Waals surface area (Å²) in [5.74, 6) is -0.321. The number of carbonyl (C=O) groups is 1. The van der Waals surface area contributed by atoms with Crippen molar-refractivity contribution in [2.24, 2.45) is 0 Å². The molecule has 0 radical (unpaired) electrons. The van der Waals surface area contributed by atoms with Crippen LogP contribution in [-0.4, -0.2) is 12.9 Å². The molecule has 0 N–H and O–H groups in total. The van der Waals surface area contributed by atoms with Crippen molar-refractivity contribution < 1.29 is 13.9 Å². The summed E-state index contributed by atoms with van der Waals surface area (Å²) in [6.45, 7) is 0. The van der Waals surface area contributed by atoms with Crippen molar-refractivity contribution in [3.8, 4) is 5.75 Å². The molecule has 2 aromatic carbocycles. The molecule has 0 aromatic heterocycles. The van der Waals surface area contributed by atoms with E-state index in [4.69, 9.17) is 16.3 Å². The third-order valence-corrected chi connectivity index (χ3v) is 3.89. The zero-order valence-corrected chi connectivity index (χ0v) is 12.1. The lowest BCUT2D eigenvalue weighted by Crippen LogP contribution is -1.95. The van der Waals surface area contributed by atoms with Crippen molar-refractivity contribution >= 4 is 23.5 Å². The lowest BCUT2D eigenvalue weighted by atomic mass is 10.1. The summed E-state index contributed by atoms with van der Waals surface area (Å²) in [6, 6.07) is 9.90. The number of benzene rings is 2. The second-order valence-corrected chi connectivity index (χ2v) is 5.24. The molecule has 2 nitrogen and oxygen atoms in total. The van der Waals surface area contributed by atoms with Gasteiger partial charge in [0.1, 0.15) is 0 Å². The van der Waals surface area contributed by atoms with Gasteiger partial charge in [-0.3, -0.25) is 4.79 Å². The quantitative estimate of drug-likeness (QED) is 0.773. The Morgan fingerprint density at radius 1 is 1.29 bits per heavy atom. The largest absolute Gasteiger partial charge is 0.494 e. The van der Waals surface area contributed by atoms with Crippen LogP contribution < -0.4 is 4.74 Å². The SMILES string of the molecule is COc1ccc(C=C2Cc3c(Cl)cccc3C2=O)cc1F. The van der Waals surface area contributed by atoms with Crippen LogP contribution in [0.2, 0.25) is 5.02 Å². The van der Waals surface area contributed by atoms with Crippen LogP contribution in [0.25, 0.3) is 6.08 Å². The Balaban J connectivity index is 1.98. The van der Waals surface area contributed by atoms with Crippen LogP contribution >= 0.6 is 11.6 Å². The zero-order chi connectivity index (χ0) is 15.0. The van der Waals surface area contributed by atoms with E-state index in [0.717, 1.165) is 5.56 Å². The molecule has 0 heterocycles. The van der Waals surface area contributed by atoms with Crippen molar-refractivity contribution in [3.05, 3.63) is 69.5 Å². The number of carbonyl (C=O) groups excluding carboxylic acids is 1. The van der Waals surface area contributed by atoms with E-state index in [2.05, 4.69) is 0 Å². The first-order valence-corrected chi connectivity index (χ1v) is 6.84. The van der Waals surface area contributed by atoms with E-state index in [-0.39, 0.29) is 11.5 Å². The highest BCUT2D eigenvalue weighted by atomic mass is 35.5. The normalized spacial score (nSPS) is 15.4. The highest BCUT2D eigenvalue weighted by Crippen LogP contribution is 2.33. The third kappa shape index (κ3) is 2.45. The zero-order valence-electron chi connectivity index (χ0n) is 11.3. The number of Topliss-reactive ketones (excluding diaryl/α,β-unsaturated/α-hetero) is 1. The van der Waals surface area contributed by atoms with E-state index < -0.39 is 5.82 Å². The van der Waals surface area contributed by atoms with Crippen LogP contribution in [0.1, 0.15) is 21.5 Å². The van der Waals surface area contributed by atoms with Gasteiger partial charge in [-0.05, 0) is 35.4 Å². The molecule has 0 unspecified atom stereocenters. The van der Waals surface area contributed by atoms with Gasteiger partial charge in [0, 0.05) is 22.6 Å². The molecule has 1 aliphatic carbocycles. The smallest absolute Gasteiger partial charge is 0.189 e. The number of halogens is 2. The first-order chi connectivity index (χ1) is 10.1. The van der Waals surface area contributed by atoms with E-state index in [9.17, 15) is 9.18 Å². The molecule has 0 bridgehead atoms. The molecule has 4 heteroatoms. The maximum Gasteiger partial charge on any atom is 0.189 e. The predicted molar refractivity (Wildman–Crippen MR) is 80.4 cm³/mol. The Morgan fingerprint density at radius 3 is 2.76 bits per heavy atom. The van der Waals surface area contributed by atoms with E-state index in [1.807, 2.05) is 0 Å². The number of ketones is 1. The number of rotatable bonds is 2. The highest BCUT2D eigenvalue weighted by Gasteiger charge is 2.26. The highest BCUT2D eigenvalue weighted by molar-refractivity contribution is 6.33. The van der Waals surface area contributed by atoms with Gasteiger partial charge in [-0.25, -0.2) is 4.39 Å². The van der Waals surface area contributed by atoms with Crippen LogP contribution in [0.5, 0.6) is 5.75 Å². The molecule has 0 amide bonds. The van der Waals surface area contributed by atoms with Crippen LogP contribution in [0.15, 0.2) is 42.0 Å². The van der Waals surface area contributed by atoms with Gasteiger partial charge in [0.15, 0.2) is 17.3 Å². The minimum Gasteiger partial charge on any atom is -0.494 e. The molecule has 0 saturated heterocycles. The second-order valence-electron chi connectivity index (χ2n) is 4.84. The monoisotopic (exact) mass is 302 g/mol. The Hall–Kier alpha value is -2.13. The molecule has 0 fully saturated rings. The van der Waals surface area contributed by atoms with Crippen molar-refractivity contribution in [3.63, 3.8) is 0 Å². The van der Waals surface area contributed by atoms with Crippen LogP contribution in [0.3, 0.4) is 0 Å². The average molecular weight is 303 g/mol. The maximum absolute atomic E-state index is 13.7. The van der Waals surface area contributed by atoms with E-state index in [0.29, 0.717) is 28.1 Å². The summed E-state index contributed by atoms with van der Waals surface area (Å²) in [4.78, 5) is 12.3. The molecule has 106 valence electrons. The van der Waals surface area contributed by atoms with Crippen molar-refractivity contribution in [1.29, 1.82) is 0 Å². The molecule has 0 spiro atoms. The third-order valence-electron chi connectivity index (χ3n) is 3.54. The maximum atomic E-state index is 13.7. The Kier molecular flexibility index (Phi) is 3.52. The molecule has 0 aliphatic heterocycles. The number of hydrogen-bond acceptors (Lipinski definition) is 2. The fourth-order valence-corrected chi connectivity index (χ4v) is 2.73. The number of allylic oxidation sites excluding steroid dienone is 1. The minimum absolute atomic E-state index is 0.0521. The minimum atomic E-state index is -0.451. The molecular formula is C17H12ClFO2. The summed E-state index contributed by atoms with van der Waals surface area (Å²) in [7, 11) is 1.41. The topological polar surface area (TPSA) is 26.3 Å². The average Bonchev–Trinajstić information content (AvgIpc) is 2.78. The van der Waals surface area contributed by atoms with Crippen molar-refractivity contribution in [2.75, 3.05) is 7.11 Å². The fraction of sp³-hybridized carbons (Fsp3) is 0.118. The van der Waals surface area contributed by atoms with Gasteiger partial charge in [0.25, 0.3) is 0 Å². The summed E-state index contributed by atoms with van der Waals surface area (Å²) in [5, 5.41) is 0.588. The first-order valence-electron chi connectivity index (χ1n) is 6.46. The fourth-order valence-electron chi connectivity index (χ4n) is 2.48. The molecular weight excluding hydrogens is 291 g/mol. The Labute approximate surface area is 126 Å². The second kappa shape index (κ2) is 5.34. The van der Waals surface area contributed by atoms with E-state index in [1.165, 1.54) is 13.2 Å². The standard InChI is InChI=1S/C17H12ClFO2/c1-21-16-6-5-10(8-15(16)19)7-11-9-13-12(17(11)20)3-2-4-14(13)18/h2-8H,9H2,1H3. The lowest BCUT2D eigenvalue weighted by Gasteiger charge is -2.03. The molecule has 21 heavy (non-hydrogen) atoms. The summed E-state index contributed by atoms with van der Waals surface area (Å²) in [6.07, 6.45) is 2.17. The Morgan fingerprint density at radius 2 is 2.10 bits per heavy atom. The molecule has 0 saturated carbocycles. The van der Waals surface area contributed by atoms with Gasteiger partial charge < -0.3 is 4.74 Å². The van der Waals surface area contributed by atoms with Crippen molar-refractivity contribution in [1.82, 2.24) is 0 Å². The number of ether oxygens (including phenoxy) is 1. The van der Waals surface area contributed by atoms with Crippen LogP contribution in [0.4, 0.5) is 4.39 Å². The number of hydrogen-bond donors (Lipinski definition) is 0. The van der Waals surface area contributed by atoms with E-state index in [1.54, 1.807) is 36.4 Å². The Bertz CT molecular complexity index is 765. The number of fused-ring (bicyclic) bond motifs is 1. The molecule has 0 atom stereocenters. The lowest BCUT2D eigenvalue weighted by molar-refractivity contribution is 0.104. The first kappa shape index (κ1) is 13.8. The van der Waals surface area contributed by atoms with Gasteiger partial charge in [-0.1, -0.05) is 29.8 Å². The molecule has 3 rings (SSSR count). The van der Waals surface area contributed by atoms with Gasteiger partial charge in [0.2, 0.25) is 0 Å². The molecule has 1 aliphatic rings. The van der Waals surface area contributed by atoms with Crippen LogP contribution in [-0.2, 0) is 6.42 Å². The molecule has 2 aromatic rings. The van der Waals surface area contributed by atoms with Crippen molar-refractivity contribution in [2.45, 2.75) is 6.42 Å². The van der Waals surface area contributed by atoms with Gasteiger partial charge in [-0.15, -0.1) is 0 Å². The number of methoxy groups -OCH3 is 1. The van der Waals surface area contributed by atoms with Gasteiger partial charge in [0.05, 0.1) is 7.11 Å². The summed E-state index contributed by atoms with van der Waals surface area (Å²) >= 11 is 6.11. The van der Waals surface area contributed by atoms with E-state index >= 15 is 0 Å². The summed E-state index contributed by atoms with van der Waals surface area (Å²) in [5.41, 5.74) is 2.70. The van der Waals surface area contributed by atoms with Crippen LogP contribution in [0, 0.1) is 5.82 Å². The predicted octanol–water partition coefficient (Wildman–Crippen LogP) is 4.31.